The van der Waals surface area contributed by atoms with Crippen LogP contribution in [0.2, 0.25) is 0 Å². The van der Waals surface area contributed by atoms with E-state index in [2.05, 4.69) is 5.10 Å². The molecule has 0 unspecified atom stereocenters. The molecule has 0 aliphatic heterocycles. The van der Waals surface area contributed by atoms with E-state index in [9.17, 15) is 4.79 Å². The number of hydrogen-bond donors (Lipinski definition) is 0. The fourth-order valence-corrected chi connectivity index (χ4v) is 2.15. The third-order valence-electron chi connectivity index (χ3n) is 3.20. The quantitative estimate of drug-likeness (QED) is 0.774. The molecule has 19 heavy (non-hydrogen) atoms. The van der Waals surface area contributed by atoms with E-state index in [1.165, 1.54) is 0 Å². The summed E-state index contributed by atoms with van der Waals surface area (Å²) in [6.45, 7) is 5.29. The van der Waals surface area contributed by atoms with E-state index in [0.29, 0.717) is 6.61 Å². The highest BCUT2D eigenvalue weighted by molar-refractivity contribution is 5.82. The second-order valence-electron chi connectivity index (χ2n) is 4.63. The SMILES string of the molecule is COCCn1cc(-c2cc(C)c(C=O)c(C)c2)cn1. The number of nitrogens with zero attached hydrogens (tertiary/aromatic N) is 2. The molecular weight excluding hydrogens is 240 g/mol. The van der Waals surface area contributed by atoms with Gasteiger partial charge in [0.05, 0.1) is 19.3 Å². The molecule has 0 radical (unpaired) electrons. The number of rotatable bonds is 5. The topological polar surface area (TPSA) is 44.1 Å². The molecule has 0 fully saturated rings. The van der Waals surface area contributed by atoms with Gasteiger partial charge >= 0.3 is 0 Å². The summed E-state index contributed by atoms with van der Waals surface area (Å²) in [5, 5.41) is 4.30. The van der Waals surface area contributed by atoms with Crippen LogP contribution >= 0.6 is 0 Å². The maximum atomic E-state index is 11.0. The van der Waals surface area contributed by atoms with Crippen LogP contribution in [0.25, 0.3) is 11.1 Å². The first-order valence-corrected chi connectivity index (χ1v) is 6.24. The first kappa shape index (κ1) is 13.5. The number of methoxy groups -OCH3 is 1. The smallest absolute Gasteiger partial charge is 0.150 e. The lowest BCUT2D eigenvalue weighted by Crippen LogP contribution is -2.03. The normalized spacial score (nSPS) is 10.7. The van der Waals surface area contributed by atoms with Crippen LogP contribution in [0, 0.1) is 13.8 Å². The molecule has 1 aromatic heterocycles. The van der Waals surface area contributed by atoms with Crippen molar-refractivity contribution >= 4 is 6.29 Å². The van der Waals surface area contributed by atoms with Crippen molar-refractivity contribution in [1.82, 2.24) is 9.78 Å². The number of aromatic nitrogens is 2. The zero-order chi connectivity index (χ0) is 13.8. The number of aldehydes is 1. The second-order valence-corrected chi connectivity index (χ2v) is 4.63. The minimum absolute atomic E-state index is 0.642. The van der Waals surface area contributed by atoms with Crippen molar-refractivity contribution in [3.8, 4) is 11.1 Å². The van der Waals surface area contributed by atoms with E-state index in [-0.39, 0.29) is 0 Å². The van der Waals surface area contributed by atoms with Crippen LogP contribution < -0.4 is 0 Å². The summed E-state index contributed by atoms with van der Waals surface area (Å²) >= 11 is 0. The number of carbonyl (C=O) groups excluding carboxylic acids is 1. The highest BCUT2D eigenvalue weighted by atomic mass is 16.5. The summed E-state index contributed by atoms with van der Waals surface area (Å²) in [4.78, 5) is 11.0. The van der Waals surface area contributed by atoms with Crippen molar-refractivity contribution in [3.63, 3.8) is 0 Å². The summed E-state index contributed by atoms with van der Waals surface area (Å²) in [6, 6.07) is 4.04. The molecule has 0 amide bonds. The van der Waals surface area contributed by atoms with Gasteiger partial charge in [0.15, 0.2) is 6.29 Å². The Bertz CT molecular complexity index is 565. The monoisotopic (exact) mass is 258 g/mol. The van der Waals surface area contributed by atoms with Gasteiger partial charge in [-0.05, 0) is 30.5 Å². The number of hydrogen-bond acceptors (Lipinski definition) is 3. The number of benzene rings is 1. The Labute approximate surface area is 113 Å². The molecule has 2 aromatic rings. The summed E-state index contributed by atoms with van der Waals surface area (Å²) in [7, 11) is 1.68. The third-order valence-corrected chi connectivity index (χ3v) is 3.20. The molecule has 0 spiro atoms. The standard InChI is InChI=1S/C15H18N2O2/c1-11-6-13(7-12(2)15(11)10-18)14-8-16-17(9-14)4-5-19-3/h6-10H,4-5H2,1-3H3. The van der Waals surface area contributed by atoms with Gasteiger partial charge in [0, 0.05) is 24.4 Å². The summed E-state index contributed by atoms with van der Waals surface area (Å²) in [5.74, 6) is 0. The molecule has 100 valence electrons. The Morgan fingerprint density at radius 2 is 1.95 bits per heavy atom. The Hall–Kier alpha value is -1.94. The van der Waals surface area contributed by atoms with Crippen molar-refractivity contribution in [2.75, 3.05) is 13.7 Å². The lowest BCUT2D eigenvalue weighted by Gasteiger charge is -2.06. The maximum Gasteiger partial charge on any atom is 0.150 e. The third kappa shape index (κ3) is 2.90. The Balaban J connectivity index is 2.31. The van der Waals surface area contributed by atoms with Gasteiger partial charge < -0.3 is 4.74 Å². The fraction of sp³-hybridized carbons (Fsp3) is 0.333. The molecule has 4 nitrogen and oxygen atoms in total. The van der Waals surface area contributed by atoms with Crippen molar-refractivity contribution in [2.45, 2.75) is 20.4 Å². The van der Waals surface area contributed by atoms with Gasteiger partial charge in [-0.25, -0.2) is 0 Å². The zero-order valence-electron chi connectivity index (χ0n) is 11.5. The van der Waals surface area contributed by atoms with Crippen LogP contribution in [-0.2, 0) is 11.3 Å². The molecular formula is C15H18N2O2. The summed E-state index contributed by atoms with van der Waals surface area (Å²) in [5.41, 5.74) is 4.91. The Kier molecular flexibility index (Phi) is 4.12. The minimum Gasteiger partial charge on any atom is -0.383 e. The van der Waals surface area contributed by atoms with E-state index in [0.717, 1.165) is 40.6 Å². The highest BCUT2D eigenvalue weighted by Crippen LogP contribution is 2.24. The number of ether oxygens (including phenoxy) is 1. The van der Waals surface area contributed by atoms with Crippen LogP contribution in [0.15, 0.2) is 24.5 Å². The van der Waals surface area contributed by atoms with Crippen LogP contribution in [0.1, 0.15) is 21.5 Å². The minimum atomic E-state index is 0.642. The van der Waals surface area contributed by atoms with Crippen molar-refractivity contribution in [3.05, 3.63) is 41.2 Å². The maximum absolute atomic E-state index is 11.0. The largest absolute Gasteiger partial charge is 0.383 e. The summed E-state index contributed by atoms with van der Waals surface area (Å²) in [6.07, 6.45) is 4.74. The van der Waals surface area contributed by atoms with Gasteiger partial charge in [-0.3, -0.25) is 9.48 Å². The van der Waals surface area contributed by atoms with Crippen LogP contribution in [0.5, 0.6) is 0 Å². The second kappa shape index (κ2) is 5.80. The molecule has 1 aromatic carbocycles. The average molecular weight is 258 g/mol. The fourth-order valence-electron chi connectivity index (χ4n) is 2.15. The molecule has 4 heteroatoms. The molecule has 0 saturated heterocycles. The predicted octanol–water partition coefficient (Wildman–Crippen LogP) is 2.63. The van der Waals surface area contributed by atoms with Crippen molar-refractivity contribution in [2.24, 2.45) is 0 Å². The van der Waals surface area contributed by atoms with Crippen LogP contribution in [0.4, 0.5) is 0 Å². The lowest BCUT2D eigenvalue weighted by molar-refractivity contribution is 0.112. The molecule has 2 rings (SSSR count). The van der Waals surface area contributed by atoms with Crippen molar-refractivity contribution in [1.29, 1.82) is 0 Å². The first-order chi connectivity index (χ1) is 9.15. The van der Waals surface area contributed by atoms with E-state index in [1.54, 1.807) is 7.11 Å². The predicted molar refractivity (Wildman–Crippen MR) is 74.4 cm³/mol. The van der Waals surface area contributed by atoms with E-state index in [1.807, 2.05) is 43.1 Å². The Morgan fingerprint density at radius 3 is 2.53 bits per heavy atom. The van der Waals surface area contributed by atoms with E-state index in [4.69, 9.17) is 4.74 Å². The van der Waals surface area contributed by atoms with Crippen molar-refractivity contribution < 1.29 is 9.53 Å². The molecule has 0 bridgehead atoms. The molecule has 0 atom stereocenters. The molecule has 0 N–H and O–H groups in total. The van der Waals surface area contributed by atoms with E-state index >= 15 is 0 Å². The highest BCUT2D eigenvalue weighted by Gasteiger charge is 2.07. The average Bonchev–Trinajstić information content (AvgIpc) is 2.84. The molecule has 0 aliphatic rings. The Morgan fingerprint density at radius 1 is 1.26 bits per heavy atom. The molecule has 0 saturated carbocycles. The van der Waals surface area contributed by atoms with Gasteiger partial charge in [0.2, 0.25) is 0 Å². The van der Waals surface area contributed by atoms with Gasteiger partial charge in [-0.1, -0.05) is 12.1 Å². The molecule has 1 heterocycles. The van der Waals surface area contributed by atoms with Gasteiger partial charge in [0.1, 0.15) is 0 Å². The van der Waals surface area contributed by atoms with Crippen LogP contribution in [0.3, 0.4) is 0 Å². The number of carbonyl (C=O) groups is 1. The van der Waals surface area contributed by atoms with Crippen LogP contribution in [-0.4, -0.2) is 29.8 Å². The number of aryl methyl sites for hydroxylation is 2. The van der Waals surface area contributed by atoms with Gasteiger partial charge in [0.25, 0.3) is 0 Å². The first-order valence-electron chi connectivity index (χ1n) is 6.24. The van der Waals surface area contributed by atoms with Gasteiger partial charge in [-0.2, -0.15) is 5.10 Å². The zero-order valence-corrected chi connectivity index (χ0v) is 11.5. The summed E-state index contributed by atoms with van der Waals surface area (Å²) < 4.78 is 6.89. The lowest BCUT2D eigenvalue weighted by atomic mass is 9.98. The van der Waals surface area contributed by atoms with E-state index < -0.39 is 0 Å². The molecule has 0 aliphatic carbocycles. The van der Waals surface area contributed by atoms with Gasteiger partial charge in [-0.15, -0.1) is 0 Å².